The van der Waals surface area contributed by atoms with Crippen LogP contribution in [0.3, 0.4) is 0 Å². The van der Waals surface area contributed by atoms with Crippen molar-refractivity contribution < 1.29 is 9.90 Å². The van der Waals surface area contributed by atoms with E-state index < -0.39 is 5.60 Å². The fourth-order valence-corrected chi connectivity index (χ4v) is 4.81. The fourth-order valence-electron chi connectivity index (χ4n) is 4.81. The standard InChI is InChI=1S/C25H33N5O3/c1-17(2)23-21-22(27-28(23)4)24(32)30(16-26-21)15-25(33)10-12-29(13-11-25)20(31)14-18(3)19-8-6-5-7-9-19/h5-9,16-18,33H,10-15H2,1-4H3/t18-/m1/s1. The fraction of sp³-hybridized carbons (Fsp3) is 0.520. The lowest BCUT2D eigenvalue weighted by molar-refractivity contribution is -0.136. The molecule has 1 N–H and O–H groups in total. The summed E-state index contributed by atoms with van der Waals surface area (Å²) in [5, 5.41) is 15.6. The highest BCUT2D eigenvalue weighted by Gasteiger charge is 2.35. The monoisotopic (exact) mass is 451 g/mol. The van der Waals surface area contributed by atoms with E-state index in [1.807, 2.05) is 56.1 Å². The maximum absolute atomic E-state index is 13.0. The van der Waals surface area contributed by atoms with Crippen LogP contribution in [0.2, 0.25) is 0 Å². The molecule has 2 aromatic heterocycles. The first kappa shape index (κ1) is 23.2. The van der Waals surface area contributed by atoms with Gasteiger partial charge in [0.05, 0.1) is 24.2 Å². The number of likely N-dealkylation sites (tertiary alicyclic amines) is 1. The SMILES string of the molecule is CC(C)c1c2ncn(CC3(O)CCN(C(=O)C[C@@H](C)c4ccccc4)CC3)c(=O)c2nn1C. The molecule has 3 heterocycles. The molecular weight excluding hydrogens is 418 g/mol. The largest absolute Gasteiger partial charge is 0.388 e. The topological polar surface area (TPSA) is 93.2 Å². The molecule has 1 amide bonds. The minimum Gasteiger partial charge on any atom is -0.388 e. The van der Waals surface area contributed by atoms with Crippen LogP contribution in [0, 0.1) is 0 Å². The van der Waals surface area contributed by atoms with Crippen LogP contribution in [0.15, 0.2) is 41.5 Å². The Morgan fingerprint density at radius 1 is 1.12 bits per heavy atom. The lowest BCUT2D eigenvalue weighted by Gasteiger charge is -2.38. The zero-order valence-electron chi connectivity index (χ0n) is 19.9. The molecule has 1 saturated heterocycles. The Hall–Kier alpha value is -3.00. The minimum atomic E-state index is -1.06. The molecular formula is C25H33N5O3. The third-order valence-corrected chi connectivity index (χ3v) is 6.76. The number of nitrogens with zero attached hydrogens (tertiary/aromatic N) is 5. The first-order valence-electron chi connectivity index (χ1n) is 11.7. The van der Waals surface area contributed by atoms with Crippen molar-refractivity contribution >= 4 is 16.9 Å². The van der Waals surface area contributed by atoms with Crippen molar-refractivity contribution in [1.29, 1.82) is 0 Å². The van der Waals surface area contributed by atoms with Crippen LogP contribution in [0.25, 0.3) is 11.0 Å². The normalized spacial score (nSPS) is 17.0. The number of rotatable bonds is 6. The van der Waals surface area contributed by atoms with E-state index >= 15 is 0 Å². The Labute approximate surface area is 193 Å². The lowest BCUT2D eigenvalue weighted by Crippen LogP contribution is -2.49. The zero-order valence-corrected chi connectivity index (χ0v) is 19.9. The average molecular weight is 452 g/mol. The Balaban J connectivity index is 1.42. The van der Waals surface area contributed by atoms with E-state index in [1.54, 1.807) is 4.68 Å². The van der Waals surface area contributed by atoms with E-state index in [1.165, 1.54) is 10.9 Å². The first-order chi connectivity index (χ1) is 15.7. The van der Waals surface area contributed by atoms with Crippen LogP contribution >= 0.6 is 0 Å². The number of aromatic nitrogens is 4. The van der Waals surface area contributed by atoms with Crippen LogP contribution < -0.4 is 5.56 Å². The van der Waals surface area contributed by atoms with Crippen LogP contribution in [0.1, 0.15) is 63.1 Å². The highest BCUT2D eigenvalue weighted by Crippen LogP contribution is 2.27. The van der Waals surface area contributed by atoms with Gasteiger partial charge in [-0.25, -0.2) is 4.98 Å². The molecule has 0 bridgehead atoms. The number of amides is 1. The number of fused-ring (bicyclic) bond motifs is 1. The number of piperidine rings is 1. The highest BCUT2D eigenvalue weighted by molar-refractivity contribution is 5.77. The first-order valence-corrected chi connectivity index (χ1v) is 11.7. The zero-order chi connectivity index (χ0) is 23.8. The summed E-state index contributed by atoms with van der Waals surface area (Å²) in [6.07, 6.45) is 2.79. The second-order valence-electron chi connectivity index (χ2n) is 9.66. The maximum Gasteiger partial charge on any atom is 0.281 e. The number of benzene rings is 1. The van der Waals surface area contributed by atoms with Crippen LogP contribution in [0.5, 0.6) is 0 Å². The number of aryl methyl sites for hydroxylation is 1. The molecule has 3 aromatic rings. The summed E-state index contributed by atoms with van der Waals surface area (Å²) in [7, 11) is 1.82. The molecule has 0 radical (unpaired) electrons. The van der Waals surface area contributed by atoms with Gasteiger partial charge in [-0.1, -0.05) is 51.1 Å². The summed E-state index contributed by atoms with van der Waals surface area (Å²) in [6.45, 7) is 7.24. The molecule has 1 fully saturated rings. The molecule has 4 rings (SSSR count). The average Bonchev–Trinajstić information content (AvgIpc) is 3.13. The second-order valence-corrected chi connectivity index (χ2v) is 9.66. The molecule has 8 heteroatoms. The minimum absolute atomic E-state index is 0.100. The van der Waals surface area contributed by atoms with Gasteiger partial charge in [0, 0.05) is 26.6 Å². The molecule has 0 spiro atoms. The van der Waals surface area contributed by atoms with Crippen LogP contribution in [0.4, 0.5) is 0 Å². The number of aliphatic hydroxyl groups is 1. The quantitative estimate of drug-likeness (QED) is 0.622. The number of hydrogen-bond acceptors (Lipinski definition) is 5. The molecule has 1 atom stereocenters. The van der Waals surface area contributed by atoms with Gasteiger partial charge in [0.1, 0.15) is 5.52 Å². The summed E-state index contributed by atoms with van der Waals surface area (Å²) >= 11 is 0. The lowest BCUT2D eigenvalue weighted by atomic mass is 9.90. The smallest absolute Gasteiger partial charge is 0.281 e. The van der Waals surface area contributed by atoms with Crippen molar-refractivity contribution in [1.82, 2.24) is 24.2 Å². The van der Waals surface area contributed by atoms with Crippen molar-refractivity contribution in [2.45, 2.75) is 64.0 Å². The Morgan fingerprint density at radius 3 is 2.42 bits per heavy atom. The predicted molar refractivity (Wildman–Crippen MR) is 127 cm³/mol. The van der Waals surface area contributed by atoms with Crippen molar-refractivity contribution in [2.24, 2.45) is 7.05 Å². The van der Waals surface area contributed by atoms with E-state index in [4.69, 9.17) is 0 Å². The van der Waals surface area contributed by atoms with E-state index in [0.29, 0.717) is 43.4 Å². The van der Waals surface area contributed by atoms with E-state index in [2.05, 4.69) is 17.0 Å². The molecule has 0 aliphatic carbocycles. The summed E-state index contributed by atoms with van der Waals surface area (Å²) in [5.41, 5.74) is 1.72. The Morgan fingerprint density at radius 2 is 1.79 bits per heavy atom. The third kappa shape index (κ3) is 4.71. The molecule has 0 unspecified atom stereocenters. The van der Waals surface area contributed by atoms with Crippen molar-refractivity contribution in [3.8, 4) is 0 Å². The van der Waals surface area contributed by atoms with E-state index in [-0.39, 0.29) is 29.8 Å². The van der Waals surface area contributed by atoms with E-state index in [0.717, 1.165) is 11.3 Å². The number of carbonyl (C=O) groups excluding carboxylic acids is 1. The molecule has 176 valence electrons. The Bertz CT molecular complexity index is 1190. The van der Waals surface area contributed by atoms with Gasteiger partial charge in [-0.15, -0.1) is 0 Å². The van der Waals surface area contributed by atoms with E-state index in [9.17, 15) is 14.7 Å². The summed E-state index contributed by atoms with van der Waals surface area (Å²) in [4.78, 5) is 32.2. The molecule has 1 aliphatic heterocycles. The third-order valence-electron chi connectivity index (χ3n) is 6.76. The summed E-state index contributed by atoms with van der Waals surface area (Å²) < 4.78 is 3.16. The molecule has 1 aromatic carbocycles. The van der Waals surface area contributed by atoms with Gasteiger partial charge in [0.15, 0.2) is 5.52 Å². The molecule has 1 aliphatic rings. The van der Waals surface area contributed by atoms with Crippen molar-refractivity contribution in [3.05, 3.63) is 58.3 Å². The van der Waals surface area contributed by atoms with Crippen LogP contribution in [-0.2, 0) is 18.4 Å². The number of carbonyl (C=O) groups is 1. The molecule has 8 nitrogen and oxygen atoms in total. The van der Waals surface area contributed by atoms with Gasteiger partial charge in [-0.2, -0.15) is 5.10 Å². The summed E-state index contributed by atoms with van der Waals surface area (Å²) in [5.74, 6) is 0.437. The number of hydrogen-bond donors (Lipinski definition) is 1. The second kappa shape index (κ2) is 9.09. The summed E-state index contributed by atoms with van der Waals surface area (Å²) in [6, 6.07) is 10.0. The van der Waals surface area contributed by atoms with Crippen molar-refractivity contribution in [2.75, 3.05) is 13.1 Å². The van der Waals surface area contributed by atoms with Gasteiger partial charge in [0.25, 0.3) is 5.56 Å². The predicted octanol–water partition coefficient (Wildman–Crippen LogP) is 2.80. The van der Waals surface area contributed by atoms with Gasteiger partial charge < -0.3 is 10.0 Å². The molecule has 0 saturated carbocycles. The maximum atomic E-state index is 13.0. The van der Waals surface area contributed by atoms with Gasteiger partial charge in [-0.05, 0) is 30.2 Å². The highest BCUT2D eigenvalue weighted by atomic mass is 16.3. The molecule has 33 heavy (non-hydrogen) atoms. The van der Waals surface area contributed by atoms with Crippen LogP contribution in [-0.4, -0.2) is 53.9 Å². The van der Waals surface area contributed by atoms with Gasteiger partial charge in [-0.3, -0.25) is 18.8 Å². The van der Waals surface area contributed by atoms with Gasteiger partial charge in [0.2, 0.25) is 5.91 Å². The van der Waals surface area contributed by atoms with Gasteiger partial charge >= 0.3 is 0 Å². The van der Waals surface area contributed by atoms with Crippen molar-refractivity contribution in [3.63, 3.8) is 0 Å². The Kier molecular flexibility index (Phi) is 6.38.